The van der Waals surface area contributed by atoms with Gasteiger partial charge in [-0.3, -0.25) is 10.1 Å². The van der Waals surface area contributed by atoms with Crippen molar-refractivity contribution in [3.8, 4) is 0 Å². The van der Waals surface area contributed by atoms with Crippen LogP contribution in [0.15, 0.2) is 12.3 Å². The number of nitrogens with zero attached hydrogens (tertiary/aromatic N) is 2. The van der Waals surface area contributed by atoms with E-state index < -0.39 is 11.0 Å². The third-order valence-electron chi connectivity index (χ3n) is 2.01. The standard InChI is InChI=1S/C9H12ClN3O3/c1-2-7(14)5-12-9-8(10)3-6(4-11-9)13(15)16/h3-4,7,14H,2,5H2,1H3,(H,11,12). The highest BCUT2D eigenvalue weighted by atomic mass is 35.5. The molecule has 6 nitrogen and oxygen atoms in total. The smallest absolute Gasteiger partial charge is 0.289 e. The summed E-state index contributed by atoms with van der Waals surface area (Å²) in [5, 5.41) is 22.7. The summed E-state index contributed by atoms with van der Waals surface area (Å²) >= 11 is 5.79. The molecule has 0 aliphatic carbocycles. The lowest BCUT2D eigenvalue weighted by Gasteiger charge is -2.10. The second-order valence-electron chi connectivity index (χ2n) is 3.22. The molecule has 88 valence electrons. The van der Waals surface area contributed by atoms with Gasteiger partial charge in [-0.1, -0.05) is 18.5 Å². The minimum Gasteiger partial charge on any atom is -0.391 e. The first-order valence-corrected chi connectivity index (χ1v) is 5.14. The molecule has 0 amide bonds. The van der Waals surface area contributed by atoms with Crippen molar-refractivity contribution in [3.05, 3.63) is 27.4 Å². The molecule has 1 heterocycles. The molecule has 0 spiro atoms. The van der Waals surface area contributed by atoms with E-state index in [1.807, 2.05) is 6.92 Å². The van der Waals surface area contributed by atoms with Gasteiger partial charge in [0, 0.05) is 12.6 Å². The molecule has 0 bridgehead atoms. The molecule has 0 fully saturated rings. The Morgan fingerprint density at radius 2 is 2.44 bits per heavy atom. The van der Waals surface area contributed by atoms with E-state index >= 15 is 0 Å². The number of nitrogens with one attached hydrogen (secondary N) is 1. The number of nitro groups is 1. The minimum atomic E-state index is -0.566. The van der Waals surface area contributed by atoms with Gasteiger partial charge in [0.25, 0.3) is 5.69 Å². The van der Waals surface area contributed by atoms with Crippen LogP contribution in [0.2, 0.25) is 5.02 Å². The lowest BCUT2D eigenvalue weighted by molar-refractivity contribution is -0.385. The summed E-state index contributed by atoms with van der Waals surface area (Å²) < 4.78 is 0. The maximum atomic E-state index is 10.4. The average molecular weight is 246 g/mol. The molecule has 16 heavy (non-hydrogen) atoms. The number of aliphatic hydroxyl groups is 1. The molecule has 0 aliphatic rings. The molecule has 1 unspecified atom stereocenters. The van der Waals surface area contributed by atoms with Gasteiger partial charge in [-0.25, -0.2) is 4.98 Å². The van der Waals surface area contributed by atoms with Gasteiger partial charge in [-0.05, 0) is 6.42 Å². The zero-order valence-corrected chi connectivity index (χ0v) is 9.44. The molecular weight excluding hydrogens is 234 g/mol. The highest BCUT2D eigenvalue weighted by Gasteiger charge is 2.11. The Labute approximate surface area is 97.4 Å². The number of pyridine rings is 1. The van der Waals surface area contributed by atoms with Crippen LogP contribution in [-0.4, -0.2) is 27.7 Å². The molecule has 0 radical (unpaired) electrons. The fourth-order valence-electron chi connectivity index (χ4n) is 1.02. The van der Waals surface area contributed by atoms with Crippen molar-refractivity contribution in [3.63, 3.8) is 0 Å². The van der Waals surface area contributed by atoms with Crippen molar-refractivity contribution in [2.24, 2.45) is 0 Å². The fraction of sp³-hybridized carbons (Fsp3) is 0.444. The highest BCUT2D eigenvalue weighted by Crippen LogP contribution is 2.23. The molecule has 7 heteroatoms. The molecule has 1 aromatic heterocycles. The third kappa shape index (κ3) is 3.32. The monoisotopic (exact) mass is 245 g/mol. The predicted octanol–water partition coefficient (Wildman–Crippen LogP) is 1.83. The molecule has 0 saturated heterocycles. The zero-order valence-electron chi connectivity index (χ0n) is 8.68. The van der Waals surface area contributed by atoms with E-state index in [2.05, 4.69) is 10.3 Å². The van der Waals surface area contributed by atoms with Gasteiger partial charge < -0.3 is 10.4 Å². The maximum absolute atomic E-state index is 10.4. The Bertz CT molecular complexity index is 386. The lowest BCUT2D eigenvalue weighted by Crippen LogP contribution is -2.18. The van der Waals surface area contributed by atoms with Crippen molar-refractivity contribution >= 4 is 23.1 Å². The Morgan fingerprint density at radius 3 is 2.94 bits per heavy atom. The van der Waals surface area contributed by atoms with Crippen molar-refractivity contribution in [1.82, 2.24) is 4.98 Å². The van der Waals surface area contributed by atoms with Crippen molar-refractivity contribution in [2.45, 2.75) is 19.4 Å². The van der Waals surface area contributed by atoms with Crippen LogP contribution in [0.5, 0.6) is 0 Å². The minimum absolute atomic E-state index is 0.161. The van der Waals surface area contributed by atoms with Crippen LogP contribution in [0.4, 0.5) is 11.5 Å². The Balaban J connectivity index is 2.72. The van der Waals surface area contributed by atoms with Crippen molar-refractivity contribution in [2.75, 3.05) is 11.9 Å². The number of rotatable bonds is 5. The molecule has 0 saturated carbocycles. The number of aromatic nitrogens is 1. The van der Waals surface area contributed by atoms with E-state index in [1.54, 1.807) is 0 Å². The molecule has 0 aromatic carbocycles. The zero-order chi connectivity index (χ0) is 12.1. The van der Waals surface area contributed by atoms with Gasteiger partial charge in [0.15, 0.2) is 0 Å². The summed E-state index contributed by atoms with van der Waals surface area (Å²) in [4.78, 5) is 13.7. The quantitative estimate of drug-likeness (QED) is 0.610. The Kier molecular flexibility index (Phi) is 4.45. The second kappa shape index (κ2) is 5.62. The SMILES string of the molecule is CCC(O)CNc1ncc([N+](=O)[O-])cc1Cl. The Hall–Kier alpha value is -1.40. The normalized spacial score (nSPS) is 12.2. The van der Waals surface area contributed by atoms with E-state index in [9.17, 15) is 15.2 Å². The van der Waals surface area contributed by atoms with Crippen molar-refractivity contribution < 1.29 is 10.0 Å². The van der Waals surface area contributed by atoms with Crippen LogP contribution in [0, 0.1) is 10.1 Å². The van der Waals surface area contributed by atoms with Gasteiger partial charge in [0.1, 0.15) is 12.0 Å². The summed E-state index contributed by atoms with van der Waals surface area (Å²) in [7, 11) is 0. The first-order chi connectivity index (χ1) is 7.54. The van der Waals surface area contributed by atoms with E-state index in [4.69, 9.17) is 11.6 Å². The van der Waals surface area contributed by atoms with Gasteiger partial charge in [0.2, 0.25) is 0 Å². The van der Waals surface area contributed by atoms with Crippen LogP contribution in [0.25, 0.3) is 0 Å². The van der Waals surface area contributed by atoms with E-state index in [0.717, 1.165) is 6.20 Å². The molecule has 1 aromatic rings. The number of hydrogen-bond donors (Lipinski definition) is 2. The topological polar surface area (TPSA) is 88.3 Å². The molecular formula is C9H12ClN3O3. The Morgan fingerprint density at radius 1 is 1.75 bits per heavy atom. The molecule has 1 rings (SSSR count). The van der Waals surface area contributed by atoms with E-state index in [1.165, 1.54) is 6.07 Å². The van der Waals surface area contributed by atoms with Gasteiger partial charge in [-0.2, -0.15) is 0 Å². The lowest BCUT2D eigenvalue weighted by atomic mass is 10.3. The summed E-state index contributed by atoms with van der Waals surface area (Å²) in [6.45, 7) is 2.15. The molecule has 2 N–H and O–H groups in total. The molecule has 0 aliphatic heterocycles. The van der Waals surface area contributed by atoms with Gasteiger partial charge >= 0.3 is 0 Å². The van der Waals surface area contributed by atoms with Crippen LogP contribution in [-0.2, 0) is 0 Å². The third-order valence-corrected chi connectivity index (χ3v) is 2.30. The van der Waals surface area contributed by atoms with Gasteiger partial charge in [0.05, 0.1) is 16.0 Å². The van der Waals surface area contributed by atoms with Crippen LogP contribution in [0.3, 0.4) is 0 Å². The summed E-state index contributed by atoms with van der Waals surface area (Å²) in [5.41, 5.74) is -0.161. The summed E-state index contributed by atoms with van der Waals surface area (Å²) in [5.74, 6) is 0.333. The first-order valence-electron chi connectivity index (χ1n) is 4.76. The van der Waals surface area contributed by atoms with Crippen LogP contribution < -0.4 is 5.32 Å². The summed E-state index contributed by atoms with van der Waals surface area (Å²) in [6.07, 6.45) is 1.23. The highest BCUT2D eigenvalue weighted by molar-refractivity contribution is 6.33. The van der Waals surface area contributed by atoms with Crippen LogP contribution >= 0.6 is 11.6 Å². The second-order valence-corrected chi connectivity index (χ2v) is 3.63. The number of halogens is 1. The largest absolute Gasteiger partial charge is 0.391 e. The number of anilines is 1. The number of hydrogen-bond acceptors (Lipinski definition) is 5. The fourth-order valence-corrected chi connectivity index (χ4v) is 1.24. The van der Waals surface area contributed by atoms with Crippen molar-refractivity contribution in [1.29, 1.82) is 0 Å². The molecule has 1 atom stereocenters. The van der Waals surface area contributed by atoms with E-state index in [-0.39, 0.29) is 10.7 Å². The first kappa shape index (κ1) is 12.7. The van der Waals surface area contributed by atoms with Gasteiger partial charge in [-0.15, -0.1) is 0 Å². The summed E-state index contributed by atoms with van der Waals surface area (Å²) in [6, 6.07) is 1.22. The number of aliphatic hydroxyl groups excluding tert-OH is 1. The average Bonchev–Trinajstić information content (AvgIpc) is 2.26. The maximum Gasteiger partial charge on any atom is 0.289 e. The predicted molar refractivity (Wildman–Crippen MR) is 60.7 cm³/mol. The van der Waals surface area contributed by atoms with Crippen LogP contribution in [0.1, 0.15) is 13.3 Å². The van der Waals surface area contributed by atoms with E-state index in [0.29, 0.717) is 18.8 Å².